The van der Waals surface area contributed by atoms with Gasteiger partial charge in [-0.05, 0) is 31.5 Å². The van der Waals surface area contributed by atoms with Crippen LogP contribution in [-0.4, -0.2) is 34.6 Å². The number of carbonyl (C=O) groups excluding carboxylic acids is 1. The molecule has 1 heterocycles. The first-order valence-electron chi connectivity index (χ1n) is 5.39. The molecule has 2 rings (SSSR count). The molecule has 1 saturated heterocycles. The topological polar surface area (TPSA) is 40.5 Å². The summed E-state index contributed by atoms with van der Waals surface area (Å²) in [6.45, 7) is 2.73. The van der Waals surface area contributed by atoms with Crippen molar-refractivity contribution in [1.82, 2.24) is 4.90 Å². The number of halogens is 1. The predicted molar refractivity (Wildman–Crippen MR) is 72.5 cm³/mol. The number of thiol groups is 1. The van der Waals surface area contributed by atoms with E-state index in [0.717, 1.165) is 4.47 Å². The number of hydrogen-bond donors (Lipinski definition) is 2. The van der Waals surface area contributed by atoms with Crippen LogP contribution in [0.25, 0.3) is 0 Å². The molecule has 17 heavy (non-hydrogen) atoms. The van der Waals surface area contributed by atoms with Gasteiger partial charge < -0.3 is 10.0 Å². The van der Waals surface area contributed by atoms with Gasteiger partial charge in [0.25, 0.3) is 5.91 Å². The van der Waals surface area contributed by atoms with Gasteiger partial charge in [-0.15, -0.1) is 12.6 Å². The summed E-state index contributed by atoms with van der Waals surface area (Å²) in [5.41, 5.74) is -0.184. The number of hydrogen-bond acceptors (Lipinski definition) is 3. The second-order valence-corrected chi connectivity index (χ2v) is 6.03. The summed E-state index contributed by atoms with van der Waals surface area (Å²) in [5.74, 6) is -0.0692. The highest BCUT2D eigenvalue weighted by molar-refractivity contribution is 9.10. The molecule has 1 unspecified atom stereocenters. The van der Waals surface area contributed by atoms with Crippen molar-refractivity contribution in [3.05, 3.63) is 28.2 Å². The van der Waals surface area contributed by atoms with E-state index in [1.165, 1.54) is 0 Å². The van der Waals surface area contributed by atoms with E-state index < -0.39 is 5.60 Å². The molecule has 1 amide bonds. The molecule has 0 aromatic heterocycles. The molecule has 0 spiro atoms. The first-order valence-corrected chi connectivity index (χ1v) is 6.63. The lowest BCUT2D eigenvalue weighted by molar-refractivity contribution is 0.0570. The number of amides is 1. The molecule has 3 nitrogen and oxygen atoms in total. The Labute approximate surface area is 114 Å². The maximum absolute atomic E-state index is 12.2. The van der Waals surface area contributed by atoms with E-state index in [1.807, 2.05) is 6.07 Å². The van der Waals surface area contributed by atoms with Crippen LogP contribution in [0.2, 0.25) is 0 Å². The number of benzene rings is 1. The zero-order valence-corrected chi connectivity index (χ0v) is 12.0. The molecule has 0 bridgehead atoms. The van der Waals surface area contributed by atoms with Gasteiger partial charge in [0, 0.05) is 22.5 Å². The van der Waals surface area contributed by atoms with Gasteiger partial charge in [0.05, 0.1) is 11.2 Å². The van der Waals surface area contributed by atoms with Gasteiger partial charge in [0.1, 0.15) is 0 Å². The highest BCUT2D eigenvalue weighted by Crippen LogP contribution is 2.25. The number of aliphatic hydroxyl groups is 1. The van der Waals surface area contributed by atoms with Gasteiger partial charge >= 0.3 is 0 Å². The van der Waals surface area contributed by atoms with Crippen LogP contribution in [-0.2, 0) is 0 Å². The Morgan fingerprint density at radius 1 is 1.59 bits per heavy atom. The van der Waals surface area contributed by atoms with Gasteiger partial charge in [0.15, 0.2) is 0 Å². The fraction of sp³-hybridized carbons (Fsp3) is 0.417. The van der Waals surface area contributed by atoms with E-state index in [2.05, 4.69) is 28.6 Å². The second-order valence-electron chi connectivity index (χ2n) is 4.64. The van der Waals surface area contributed by atoms with Crippen molar-refractivity contribution in [1.29, 1.82) is 0 Å². The van der Waals surface area contributed by atoms with Crippen molar-refractivity contribution >= 4 is 34.5 Å². The molecule has 0 saturated carbocycles. The normalized spacial score (nSPS) is 24.1. The minimum atomic E-state index is -0.762. The predicted octanol–water partition coefficient (Wildman–Crippen LogP) is 2.33. The minimum Gasteiger partial charge on any atom is -0.388 e. The quantitative estimate of drug-likeness (QED) is 0.781. The third-order valence-corrected chi connectivity index (χ3v) is 3.79. The Hall–Kier alpha value is -0.520. The molecule has 1 aliphatic rings. The van der Waals surface area contributed by atoms with Crippen LogP contribution in [0.15, 0.2) is 27.6 Å². The third kappa shape index (κ3) is 2.84. The Balaban J connectivity index is 2.21. The summed E-state index contributed by atoms with van der Waals surface area (Å²) in [4.78, 5) is 14.5. The molecule has 1 atom stereocenters. The molecule has 92 valence electrons. The highest BCUT2D eigenvalue weighted by Gasteiger charge is 2.34. The zero-order valence-electron chi connectivity index (χ0n) is 9.48. The van der Waals surface area contributed by atoms with E-state index in [0.29, 0.717) is 30.0 Å². The fourth-order valence-corrected chi connectivity index (χ4v) is 2.82. The molecule has 1 fully saturated rings. The van der Waals surface area contributed by atoms with Crippen LogP contribution in [0.4, 0.5) is 0 Å². The maximum Gasteiger partial charge on any atom is 0.255 e. The summed E-state index contributed by atoms with van der Waals surface area (Å²) in [6, 6.07) is 5.37. The molecule has 1 aromatic rings. The zero-order chi connectivity index (χ0) is 12.6. The molecular formula is C12H14BrNO2S. The lowest BCUT2D eigenvalue weighted by Gasteiger charge is -2.19. The van der Waals surface area contributed by atoms with Gasteiger partial charge in [0.2, 0.25) is 0 Å². The summed E-state index contributed by atoms with van der Waals surface area (Å²) in [7, 11) is 0. The van der Waals surface area contributed by atoms with E-state index >= 15 is 0 Å². The Morgan fingerprint density at radius 3 is 2.82 bits per heavy atom. The fourth-order valence-electron chi connectivity index (χ4n) is 1.97. The molecule has 1 N–H and O–H groups in total. The van der Waals surface area contributed by atoms with E-state index in [1.54, 1.807) is 24.0 Å². The Bertz CT molecular complexity index is 462. The summed E-state index contributed by atoms with van der Waals surface area (Å²) in [5, 5.41) is 9.85. The van der Waals surface area contributed by atoms with E-state index in [-0.39, 0.29) is 5.91 Å². The second kappa shape index (κ2) is 4.63. The van der Waals surface area contributed by atoms with Gasteiger partial charge in [-0.3, -0.25) is 4.79 Å². The van der Waals surface area contributed by atoms with Gasteiger partial charge in [-0.2, -0.15) is 0 Å². The van der Waals surface area contributed by atoms with Gasteiger partial charge in [-0.25, -0.2) is 0 Å². The largest absolute Gasteiger partial charge is 0.388 e. The molecule has 0 radical (unpaired) electrons. The highest BCUT2D eigenvalue weighted by atomic mass is 79.9. The number of β-amino-alcohol motifs (C(OH)–C–C–N with tert-alkyl or cyclic N) is 1. The first-order chi connectivity index (χ1) is 7.89. The Morgan fingerprint density at radius 2 is 2.29 bits per heavy atom. The van der Waals surface area contributed by atoms with Crippen LogP contribution >= 0.6 is 28.6 Å². The Kier molecular flexibility index (Phi) is 3.52. The molecule has 1 aliphatic heterocycles. The van der Waals surface area contributed by atoms with Crippen molar-refractivity contribution in [3.63, 3.8) is 0 Å². The molecule has 1 aromatic carbocycles. The standard InChI is InChI=1S/C12H14BrNO2S/c1-12(16)4-5-14(7-12)11(15)9-3-2-8(13)6-10(9)17/h2-3,6,16-17H,4-5,7H2,1H3. The summed E-state index contributed by atoms with van der Waals surface area (Å²) < 4.78 is 0.896. The first kappa shape index (κ1) is 12.9. The maximum atomic E-state index is 12.2. The molecular weight excluding hydrogens is 302 g/mol. The van der Waals surface area contributed by atoms with Gasteiger partial charge in [-0.1, -0.05) is 15.9 Å². The number of nitrogens with zero attached hydrogens (tertiary/aromatic N) is 1. The average Bonchev–Trinajstić information content (AvgIpc) is 2.58. The van der Waals surface area contributed by atoms with Crippen LogP contribution < -0.4 is 0 Å². The third-order valence-electron chi connectivity index (χ3n) is 2.93. The van der Waals surface area contributed by atoms with Crippen LogP contribution in [0.3, 0.4) is 0 Å². The van der Waals surface area contributed by atoms with E-state index in [4.69, 9.17) is 0 Å². The molecule has 0 aliphatic carbocycles. The van der Waals surface area contributed by atoms with Crippen LogP contribution in [0, 0.1) is 0 Å². The van der Waals surface area contributed by atoms with Crippen molar-refractivity contribution < 1.29 is 9.90 Å². The van der Waals surface area contributed by atoms with Crippen molar-refractivity contribution in [3.8, 4) is 0 Å². The lowest BCUT2D eigenvalue weighted by Crippen LogP contribution is -2.34. The minimum absolute atomic E-state index is 0.0692. The van der Waals surface area contributed by atoms with Crippen LogP contribution in [0.5, 0.6) is 0 Å². The number of rotatable bonds is 1. The lowest BCUT2D eigenvalue weighted by atomic mass is 10.1. The van der Waals surface area contributed by atoms with Crippen LogP contribution in [0.1, 0.15) is 23.7 Å². The van der Waals surface area contributed by atoms with Crippen molar-refractivity contribution in [2.45, 2.75) is 23.8 Å². The smallest absolute Gasteiger partial charge is 0.255 e. The summed E-state index contributed by atoms with van der Waals surface area (Å²) >= 11 is 7.64. The summed E-state index contributed by atoms with van der Waals surface area (Å²) in [6.07, 6.45) is 0.622. The number of carbonyl (C=O) groups is 1. The SMILES string of the molecule is CC1(O)CCN(C(=O)c2ccc(Br)cc2S)C1. The van der Waals surface area contributed by atoms with Crippen molar-refractivity contribution in [2.24, 2.45) is 0 Å². The van der Waals surface area contributed by atoms with E-state index in [9.17, 15) is 9.90 Å². The number of likely N-dealkylation sites (tertiary alicyclic amines) is 1. The average molecular weight is 316 g/mol. The molecule has 5 heteroatoms. The monoisotopic (exact) mass is 315 g/mol. The van der Waals surface area contributed by atoms with Crippen molar-refractivity contribution in [2.75, 3.05) is 13.1 Å².